The predicted molar refractivity (Wildman–Crippen MR) is 131 cm³/mol. The van der Waals surface area contributed by atoms with Crippen LogP contribution in [0.4, 0.5) is 5.69 Å². The molecule has 164 valence electrons. The van der Waals surface area contributed by atoms with Crippen LogP contribution in [0, 0.1) is 6.92 Å². The van der Waals surface area contributed by atoms with Gasteiger partial charge < -0.3 is 24.4 Å². The van der Waals surface area contributed by atoms with Crippen molar-refractivity contribution < 1.29 is 9.15 Å². The summed E-state index contributed by atoms with van der Waals surface area (Å²) in [5.41, 5.74) is 3.25. The summed E-state index contributed by atoms with van der Waals surface area (Å²) in [5.74, 6) is 1.52. The van der Waals surface area contributed by atoms with E-state index in [9.17, 15) is 4.79 Å². The predicted octanol–water partition coefficient (Wildman–Crippen LogP) is 5.23. The normalized spacial score (nSPS) is 10.8. The first-order valence-electron chi connectivity index (χ1n) is 10.5. The minimum atomic E-state index is -0.149. The zero-order valence-electron chi connectivity index (χ0n) is 18.1. The van der Waals surface area contributed by atoms with E-state index in [0.29, 0.717) is 30.4 Å². The van der Waals surface area contributed by atoms with Gasteiger partial charge in [0, 0.05) is 22.2 Å². The highest BCUT2D eigenvalue weighted by atomic mass is 32.1. The van der Waals surface area contributed by atoms with Crippen molar-refractivity contribution in [3.05, 3.63) is 94.2 Å². The number of nitrogens with zero attached hydrogens (tertiary/aromatic N) is 1. The molecule has 2 aromatic heterocycles. The van der Waals surface area contributed by atoms with Crippen molar-refractivity contribution >= 4 is 33.9 Å². The minimum Gasteiger partial charge on any atom is -0.494 e. The third kappa shape index (κ3) is 5.18. The number of rotatable bonds is 7. The Morgan fingerprint density at radius 2 is 2.00 bits per heavy atom. The van der Waals surface area contributed by atoms with E-state index < -0.39 is 0 Å². The minimum absolute atomic E-state index is 0.149. The van der Waals surface area contributed by atoms with E-state index in [4.69, 9.17) is 21.4 Å². The number of aromatic nitrogens is 1. The highest BCUT2D eigenvalue weighted by Gasteiger charge is 2.16. The molecule has 0 aliphatic rings. The Kier molecular flexibility index (Phi) is 6.56. The lowest BCUT2D eigenvalue weighted by atomic mass is 10.1. The fourth-order valence-corrected chi connectivity index (χ4v) is 3.77. The molecule has 2 N–H and O–H groups in total. The van der Waals surface area contributed by atoms with Crippen molar-refractivity contribution in [3.63, 3.8) is 0 Å². The summed E-state index contributed by atoms with van der Waals surface area (Å²) in [7, 11) is 0. The van der Waals surface area contributed by atoms with Crippen molar-refractivity contribution in [1.82, 2.24) is 9.88 Å². The monoisotopic (exact) mass is 447 g/mol. The van der Waals surface area contributed by atoms with Crippen molar-refractivity contribution in [3.8, 4) is 5.75 Å². The standard InChI is InChI=1S/C25H25N3O3S/c1-3-30-21-9-10-23-18(14-21)13-19(24(29)27-23)15-28(16-22-8-5-11-31-22)25(32)26-20-7-4-6-17(2)12-20/h4-14H,3,15-16H2,1-2H3,(H,26,32)(H,27,29). The lowest BCUT2D eigenvalue weighted by Crippen LogP contribution is -2.35. The molecule has 0 atom stereocenters. The van der Waals surface area contributed by atoms with Gasteiger partial charge in [0.05, 0.1) is 26.0 Å². The van der Waals surface area contributed by atoms with Crippen LogP contribution < -0.4 is 15.6 Å². The van der Waals surface area contributed by atoms with E-state index in [-0.39, 0.29) is 5.56 Å². The van der Waals surface area contributed by atoms with Gasteiger partial charge in [-0.3, -0.25) is 4.79 Å². The molecule has 32 heavy (non-hydrogen) atoms. The lowest BCUT2D eigenvalue weighted by Gasteiger charge is -2.25. The molecule has 4 rings (SSSR count). The summed E-state index contributed by atoms with van der Waals surface area (Å²) in [4.78, 5) is 17.7. The average Bonchev–Trinajstić information content (AvgIpc) is 3.27. The van der Waals surface area contributed by atoms with Crippen molar-refractivity contribution in [1.29, 1.82) is 0 Å². The van der Waals surface area contributed by atoms with E-state index >= 15 is 0 Å². The maximum Gasteiger partial charge on any atom is 0.253 e. The molecule has 0 saturated carbocycles. The van der Waals surface area contributed by atoms with E-state index in [1.165, 1.54) is 0 Å². The maximum atomic E-state index is 12.8. The number of nitrogens with one attached hydrogen (secondary N) is 2. The number of H-pyrrole nitrogens is 1. The van der Waals surface area contributed by atoms with Gasteiger partial charge in [-0.2, -0.15) is 0 Å². The average molecular weight is 448 g/mol. The first-order valence-corrected chi connectivity index (χ1v) is 10.9. The van der Waals surface area contributed by atoms with Gasteiger partial charge in [0.15, 0.2) is 5.11 Å². The van der Waals surface area contributed by atoms with Gasteiger partial charge in [0.1, 0.15) is 11.5 Å². The number of thiocarbonyl (C=S) groups is 1. The Morgan fingerprint density at radius 3 is 2.75 bits per heavy atom. The van der Waals surface area contributed by atoms with Crippen LogP contribution in [0.2, 0.25) is 0 Å². The second-order valence-electron chi connectivity index (χ2n) is 7.54. The first kappa shape index (κ1) is 21.6. The fraction of sp³-hybridized carbons (Fsp3) is 0.200. The van der Waals surface area contributed by atoms with Crippen LogP contribution in [0.25, 0.3) is 10.9 Å². The highest BCUT2D eigenvalue weighted by molar-refractivity contribution is 7.80. The van der Waals surface area contributed by atoms with E-state index in [1.54, 1.807) is 6.26 Å². The van der Waals surface area contributed by atoms with Gasteiger partial charge >= 0.3 is 0 Å². The van der Waals surface area contributed by atoms with Crippen LogP contribution in [-0.2, 0) is 13.1 Å². The lowest BCUT2D eigenvalue weighted by molar-refractivity contribution is 0.340. The maximum absolute atomic E-state index is 12.8. The van der Waals surface area contributed by atoms with E-state index in [0.717, 1.165) is 33.7 Å². The van der Waals surface area contributed by atoms with Crippen molar-refractivity contribution in [2.24, 2.45) is 0 Å². The number of hydrogen-bond donors (Lipinski definition) is 2. The number of benzene rings is 2. The van der Waals surface area contributed by atoms with Gasteiger partial charge in [-0.15, -0.1) is 0 Å². The van der Waals surface area contributed by atoms with E-state index in [1.807, 2.05) is 79.4 Å². The Morgan fingerprint density at radius 1 is 1.12 bits per heavy atom. The summed E-state index contributed by atoms with van der Waals surface area (Å²) < 4.78 is 11.1. The number of hydrogen-bond acceptors (Lipinski definition) is 4. The van der Waals surface area contributed by atoms with Crippen LogP contribution in [0.1, 0.15) is 23.8 Å². The van der Waals surface area contributed by atoms with Crippen LogP contribution in [-0.4, -0.2) is 21.6 Å². The Labute approximate surface area is 191 Å². The molecule has 4 aromatic rings. The van der Waals surface area contributed by atoms with Crippen molar-refractivity contribution in [2.45, 2.75) is 26.9 Å². The third-order valence-electron chi connectivity index (χ3n) is 5.05. The van der Waals surface area contributed by atoms with Gasteiger partial charge in [0.2, 0.25) is 0 Å². The number of pyridine rings is 1. The number of anilines is 1. The molecule has 2 aromatic carbocycles. The Balaban J connectivity index is 1.63. The Bertz CT molecular complexity index is 1280. The van der Waals surface area contributed by atoms with Gasteiger partial charge in [0.25, 0.3) is 5.56 Å². The van der Waals surface area contributed by atoms with Crippen LogP contribution in [0.3, 0.4) is 0 Å². The molecular weight excluding hydrogens is 422 g/mol. The van der Waals surface area contributed by atoms with E-state index in [2.05, 4.69) is 10.3 Å². The molecule has 0 aliphatic heterocycles. The molecule has 0 unspecified atom stereocenters. The molecule has 7 heteroatoms. The molecule has 0 fully saturated rings. The third-order valence-corrected chi connectivity index (χ3v) is 5.41. The van der Waals surface area contributed by atoms with Crippen LogP contribution in [0.5, 0.6) is 5.75 Å². The SMILES string of the molecule is CCOc1ccc2[nH]c(=O)c(CN(Cc3ccco3)C(=S)Nc3cccc(C)c3)cc2c1. The summed E-state index contributed by atoms with van der Waals surface area (Å²) >= 11 is 5.71. The van der Waals surface area contributed by atoms with Crippen LogP contribution >= 0.6 is 12.2 Å². The number of aryl methyl sites for hydroxylation is 1. The smallest absolute Gasteiger partial charge is 0.253 e. The molecule has 0 spiro atoms. The molecule has 0 aliphatic carbocycles. The molecule has 0 bridgehead atoms. The van der Waals surface area contributed by atoms with Gasteiger partial charge in [-0.25, -0.2) is 0 Å². The molecular formula is C25H25N3O3S. The second-order valence-corrected chi connectivity index (χ2v) is 7.93. The highest BCUT2D eigenvalue weighted by Crippen LogP contribution is 2.20. The number of ether oxygens (including phenoxy) is 1. The molecule has 0 radical (unpaired) electrons. The number of furan rings is 1. The van der Waals surface area contributed by atoms with Gasteiger partial charge in [-0.1, -0.05) is 12.1 Å². The topological polar surface area (TPSA) is 70.5 Å². The molecule has 2 heterocycles. The summed E-state index contributed by atoms with van der Waals surface area (Å²) in [5, 5.41) is 4.69. The largest absolute Gasteiger partial charge is 0.494 e. The van der Waals surface area contributed by atoms with Crippen molar-refractivity contribution in [2.75, 3.05) is 11.9 Å². The fourth-order valence-electron chi connectivity index (χ4n) is 3.52. The Hall–Kier alpha value is -3.58. The molecule has 6 nitrogen and oxygen atoms in total. The zero-order valence-corrected chi connectivity index (χ0v) is 18.9. The second kappa shape index (κ2) is 9.70. The quantitative estimate of drug-likeness (QED) is 0.378. The summed E-state index contributed by atoms with van der Waals surface area (Å²) in [6, 6.07) is 19.2. The van der Waals surface area contributed by atoms with Crippen LogP contribution in [0.15, 0.2) is 76.1 Å². The zero-order chi connectivity index (χ0) is 22.5. The number of aromatic amines is 1. The first-order chi connectivity index (χ1) is 15.5. The number of fused-ring (bicyclic) bond motifs is 1. The van der Waals surface area contributed by atoms with Gasteiger partial charge in [-0.05, 0) is 80.2 Å². The summed E-state index contributed by atoms with van der Waals surface area (Å²) in [6.45, 7) is 5.30. The summed E-state index contributed by atoms with van der Waals surface area (Å²) in [6.07, 6.45) is 1.63. The molecule has 0 saturated heterocycles. The molecule has 0 amide bonds.